The Balaban J connectivity index is 1.42. The zero-order chi connectivity index (χ0) is 28.6. The van der Waals surface area contributed by atoms with Gasteiger partial charge in [0.05, 0.1) is 32.2 Å². The standard InChI is InChI=1S/C30H54N2O7S/c33-40(34,35)25-15-22-36-23-24-38-27-29(39-30-31-19-14-20-32-30)26-37-21-13-8-6-4-2-1-3-5-7-10-16-28-17-11-9-12-18-28/h14,19-20,28-29H,1-13,15-18,21-27H2,(H,33,34,35). The summed E-state index contributed by atoms with van der Waals surface area (Å²) in [5.74, 6) is 0.729. The van der Waals surface area contributed by atoms with E-state index >= 15 is 0 Å². The van der Waals surface area contributed by atoms with Crippen LogP contribution in [0.15, 0.2) is 18.5 Å². The number of aromatic nitrogens is 2. The second-order valence-corrected chi connectivity index (χ2v) is 12.6. The van der Waals surface area contributed by atoms with Gasteiger partial charge in [-0.15, -0.1) is 0 Å². The van der Waals surface area contributed by atoms with Gasteiger partial charge >= 0.3 is 6.01 Å². The molecule has 0 spiro atoms. The Kier molecular flexibility index (Phi) is 20.3. The second kappa shape index (κ2) is 23.3. The summed E-state index contributed by atoms with van der Waals surface area (Å²) in [5.41, 5.74) is 0. The first-order valence-electron chi connectivity index (χ1n) is 15.6. The number of nitrogens with zero attached hydrogens (tertiary/aromatic N) is 2. The summed E-state index contributed by atoms with van der Waals surface area (Å²) in [6, 6.07) is 2.01. The van der Waals surface area contributed by atoms with Gasteiger partial charge in [0.15, 0.2) is 0 Å². The number of hydrogen-bond donors (Lipinski definition) is 1. The number of ether oxygens (including phenoxy) is 4. The molecule has 1 aliphatic carbocycles. The minimum atomic E-state index is -3.94. The highest BCUT2D eigenvalue weighted by Crippen LogP contribution is 2.28. The molecule has 232 valence electrons. The van der Waals surface area contributed by atoms with Crippen molar-refractivity contribution in [3.05, 3.63) is 18.5 Å². The van der Waals surface area contributed by atoms with E-state index in [1.807, 2.05) is 0 Å². The molecular formula is C30H54N2O7S. The van der Waals surface area contributed by atoms with E-state index in [4.69, 9.17) is 23.5 Å². The maximum absolute atomic E-state index is 10.7. The van der Waals surface area contributed by atoms with E-state index in [-0.39, 0.29) is 30.9 Å². The van der Waals surface area contributed by atoms with Crippen molar-refractivity contribution in [3.63, 3.8) is 0 Å². The molecule has 2 rings (SSSR count). The second-order valence-electron chi connectivity index (χ2n) is 11.0. The number of rotatable bonds is 26. The zero-order valence-corrected chi connectivity index (χ0v) is 25.4. The predicted octanol–water partition coefficient (Wildman–Crippen LogP) is 6.42. The van der Waals surface area contributed by atoms with Crippen molar-refractivity contribution in [1.29, 1.82) is 0 Å². The van der Waals surface area contributed by atoms with Gasteiger partial charge in [0.2, 0.25) is 0 Å². The highest BCUT2D eigenvalue weighted by atomic mass is 32.2. The Morgan fingerprint density at radius 2 is 1.27 bits per heavy atom. The molecule has 0 saturated heterocycles. The van der Waals surface area contributed by atoms with Crippen LogP contribution in [0.5, 0.6) is 6.01 Å². The zero-order valence-electron chi connectivity index (χ0n) is 24.6. The molecule has 10 heteroatoms. The van der Waals surface area contributed by atoms with Crippen LogP contribution in [0.3, 0.4) is 0 Å². The van der Waals surface area contributed by atoms with E-state index in [2.05, 4.69) is 9.97 Å². The van der Waals surface area contributed by atoms with E-state index in [0.29, 0.717) is 33.0 Å². The minimum Gasteiger partial charge on any atom is -0.455 e. The van der Waals surface area contributed by atoms with Crippen LogP contribution >= 0.6 is 0 Å². The van der Waals surface area contributed by atoms with Crippen LogP contribution in [0.25, 0.3) is 0 Å². The van der Waals surface area contributed by atoms with Crippen LogP contribution in [-0.4, -0.2) is 74.4 Å². The Labute approximate surface area is 242 Å². The van der Waals surface area contributed by atoms with E-state index in [0.717, 1.165) is 12.3 Å². The van der Waals surface area contributed by atoms with Gasteiger partial charge in [-0.1, -0.05) is 96.3 Å². The summed E-state index contributed by atoms with van der Waals surface area (Å²) in [5, 5.41) is 0. The van der Waals surface area contributed by atoms with Gasteiger partial charge in [0.1, 0.15) is 6.10 Å². The Bertz CT molecular complexity index is 808. The summed E-state index contributed by atoms with van der Waals surface area (Å²) in [6.07, 6.45) is 25.2. The molecule has 1 saturated carbocycles. The maximum Gasteiger partial charge on any atom is 0.316 e. The van der Waals surface area contributed by atoms with Gasteiger partial charge in [0, 0.05) is 25.6 Å². The highest BCUT2D eigenvalue weighted by Gasteiger charge is 2.14. The first-order chi connectivity index (χ1) is 19.5. The molecule has 1 atom stereocenters. The molecule has 0 radical (unpaired) electrons. The molecule has 0 amide bonds. The largest absolute Gasteiger partial charge is 0.455 e. The lowest BCUT2D eigenvalue weighted by atomic mass is 9.85. The molecular weight excluding hydrogens is 532 g/mol. The molecule has 9 nitrogen and oxygen atoms in total. The fourth-order valence-electron chi connectivity index (χ4n) is 5.13. The normalized spacial score (nSPS) is 15.3. The smallest absolute Gasteiger partial charge is 0.316 e. The van der Waals surface area contributed by atoms with Crippen LogP contribution in [-0.2, 0) is 24.3 Å². The fourth-order valence-corrected chi connectivity index (χ4v) is 5.61. The lowest BCUT2D eigenvalue weighted by molar-refractivity contribution is -0.0250. The highest BCUT2D eigenvalue weighted by molar-refractivity contribution is 7.85. The van der Waals surface area contributed by atoms with E-state index in [9.17, 15) is 8.42 Å². The van der Waals surface area contributed by atoms with Crippen LogP contribution in [0.1, 0.15) is 109 Å². The molecule has 0 bridgehead atoms. The Morgan fingerprint density at radius 3 is 1.93 bits per heavy atom. The lowest BCUT2D eigenvalue weighted by Gasteiger charge is -2.21. The third-order valence-corrected chi connectivity index (χ3v) is 8.16. The van der Waals surface area contributed by atoms with Crippen molar-refractivity contribution >= 4 is 10.1 Å². The Morgan fingerprint density at radius 1 is 0.725 bits per heavy atom. The van der Waals surface area contributed by atoms with Crippen molar-refractivity contribution < 1.29 is 31.9 Å². The molecule has 0 aromatic carbocycles. The topological polar surface area (TPSA) is 117 Å². The summed E-state index contributed by atoms with van der Waals surface area (Å²) in [6.45, 7) is 2.27. The quantitative estimate of drug-likeness (QED) is 0.0969. The van der Waals surface area contributed by atoms with Crippen molar-refractivity contribution in [1.82, 2.24) is 9.97 Å². The van der Waals surface area contributed by atoms with Gasteiger partial charge in [-0.25, -0.2) is 9.97 Å². The van der Waals surface area contributed by atoms with Crippen molar-refractivity contribution in [2.75, 3.05) is 45.4 Å². The van der Waals surface area contributed by atoms with Gasteiger partial charge in [-0.3, -0.25) is 4.55 Å². The van der Waals surface area contributed by atoms with Crippen molar-refractivity contribution in [2.24, 2.45) is 5.92 Å². The van der Waals surface area contributed by atoms with Crippen LogP contribution in [0, 0.1) is 5.92 Å². The molecule has 40 heavy (non-hydrogen) atoms. The summed E-state index contributed by atoms with van der Waals surface area (Å²) in [4.78, 5) is 8.22. The molecule has 1 aliphatic rings. The molecule has 1 N–H and O–H groups in total. The third kappa shape index (κ3) is 20.5. The molecule has 0 aliphatic heterocycles. The van der Waals surface area contributed by atoms with E-state index < -0.39 is 10.1 Å². The van der Waals surface area contributed by atoms with Gasteiger partial charge < -0.3 is 18.9 Å². The first kappa shape index (κ1) is 34.9. The summed E-state index contributed by atoms with van der Waals surface area (Å²) >= 11 is 0. The van der Waals surface area contributed by atoms with E-state index in [1.165, 1.54) is 96.3 Å². The predicted molar refractivity (Wildman–Crippen MR) is 157 cm³/mol. The average molecular weight is 587 g/mol. The van der Waals surface area contributed by atoms with Crippen molar-refractivity contribution in [2.45, 2.75) is 115 Å². The van der Waals surface area contributed by atoms with Gasteiger partial charge in [0.25, 0.3) is 10.1 Å². The van der Waals surface area contributed by atoms with Crippen LogP contribution < -0.4 is 4.74 Å². The van der Waals surface area contributed by atoms with Crippen LogP contribution in [0.4, 0.5) is 0 Å². The average Bonchev–Trinajstić information content (AvgIpc) is 2.95. The lowest BCUT2D eigenvalue weighted by Crippen LogP contribution is -2.30. The summed E-state index contributed by atoms with van der Waals surface area (Å²) in [7, 11) is -3.94. The monoisotopic (exact) mass is 586 g/mol. The number of hydrogen-bond acceptors (Lipinski definition) is 8. The van der Waals surface area contributed by atoms with Crippen LogP contribution in [0.2, 0.25) is 0 Å². The SMILES string of the molecule is O=S(=O)(O)CCCOCCOCC(COCCCCCCCCCCCCC1CCCCC1)Oc1ncccn1. The van der Waals surface area contributed by atoms with Gasteiger partial charge in [-0.2, -0.15) is 8.42 Å². The Hall–Kier alpha value is -1.33. The summed E-state index contributed by atoms with van der Waals surface area (Å²) < 4.78 is 52.8. The molecule has 1 aromatic rings. The van der Waals surface area contributed by atoms with Crippen molar-refractivity contribution in [3.8, 4) is 6.01 Å². The third-order valence-electron chi connectivity index (χ3n) is 7.36. The first-order valence-corrected chi connectivity index (χ1v) is 17.3. The maximum atomic E-state index is 10.7. The molecule has 1 heterocycles. The number of unbranched alkanes of at least 4 members (excludes halogenated alkanes) is 9. The minimum absolute atomic E-state index is 0.240. The molecule has 1 fully saturated rings. The molecule has 1 aromatic heterocycles. The van der Waals surface area contributed by atoms with E-state index in [1.54, 1.807) is 18.5 Å². The van der Waals surface area contributed by atoms with Gasteiger partial charge in [-0.05, 0) is 24.8 Å². The molecule has 1 unspecified atom stereocenters. The fraction of sp³-hybridized carbons (Fsp3) is 0.867.